The summed E-state index contributed by atoms with van der Waals surface area (Å²) in [5.41, 5.74) is 0.531. The minimum Gasteiger partial charge on any atom is -0.352 e. The van der Waals surface area contributed by atoms with E-state index in [2.05, 4.69) is 22.0 Å². The van der Waals surface area contributed by atoms with Crippen LogP contribution >= 0.6 is 22.5 Å². The summed E-state index contributed by atoms with van der Waals surface area (Å²) in [5, 5.41) is 2.66. The zero-order valence-electron chi connectivity index (χ0n) is 10.1. The Hall–Kier alpha value is -1.01. The Bertz CT molecular complexity index is 398. The second kappa shape index (κ2) is 8.16. The molecule has 1 aromatic rings. The smallest absolute Gasteiger partial charge is 0.252 e. The summed E-state index contributed by atoms with van der Waals surface area (Å²) in [7, 11) is 1.24. The van der Waals surface area contributed by atoms with Crippen LogP contribution in [0.25, 0.3) is 0 Å². The van der Waals surface area contributed by atoms with Gasteiger partial charge < -0.3 is 5.32 Å². The highest BCUT2D eigenvalue weighted by Gasteiger charge is 2.11. The molecule has 1 rings (SSSR count). The van der Waals surface area contributed by atoms with Crippen molar-refractivity contribution in [2.24, 2.45) is 0 Å². The molecule has 0 radical (unpaired) electrons. The lowest BCUT2D eigenvalue weighted by molar-refractivity contribution is -0.118. The number of amides is 1. The molecule has 0 saturated heterocycles. The van der Waals surface area contributed by atoms with E-state index >= 15 is 0 Å². The molecule has 4 nitrogen and oxygen atoms in total. The van der Waals surface area contributed by atoms with Crippen LogP contribution < -0.4 is 5.32 Å². The third kappa shape index (κ3) is 5.10. The largest absolute Gasteiger partial charge is 0.352 e. The summed E-state index contributed by atoms with van der Waals surface area (Å²) in [6.45, 7) is 2.32. The maximum absolute atomic E-state index is 11.6. The molecule has 1 N–H and O–H groups in total. The Morgan fingerprint density at radius 1 is 1.56 bits per heavy atom. The summed E-state index contributed by atoms with van der Waals surface area (Å²) in [4.78, 5) is 27.0. The van der Waals surface area contributed by atoms with Gasteiger partial charge in [-0.25, -0.2) is 0 Å². The molecule has 0 fully saturated rings. The SMILES string of the molecule is CC(SS)C(=O)CCCNC(=O)c1cccnc1. The van der Waals surface area contributed by atoms with Crippen molar-refractivity contribution < 1.29 is 9.59 Å². The first-order valence-electron chi connectivity index (χ1n) is 5.66. The monoisotopic (exact) mass is 284 g/mol. The summed E-state index contributed by atoms with van der Waals surface area (Å²) in [6.07, 6.45) is 4.23. The molecule has 0 aliphatic heterocycles. The van der Waals surface area contributed by atoms with E-state index < -0.39 is 0 Å². The van der Waals surface area contributed by atoms with Crippen molar-refractivity contribution in [3.8, 4) is 0 Å². The van der Waals surface area contributed by atoms with Gasteiger partial charge in [-0.05, 0) is 25.5 Å². The lowest BCUT2D eigenvalue weighted by Gasteiger charge is -2.07. The number of carbonyl (C=O) groups excluding carboxylic acids is 2. The number of thiol groups is 1. The first kappa shape index (κ1) is 15.0. The lowest BCUT2D eigenvalue weighted by atomic mass is 10.2. The molecular formula is C12H16N2O2S2. The van der Waals surface area contributed by atoms with Crippen molar-refractivity contribution in [1.82, 2.24) is 10.3 Å². The summed E-state index contributed by atoms with van der Waals surface area (Å²) in [6, 6.07) is 3.41. The van der Waals surface area contributed by atoms with Crippen LogP contribution in [-0.4, -0.2) is 28.5 Å². The molecule has 1 heterocycles. The van der Waals surface area contributed by atoms with E-state index in [1.807, 2.05) is 6.92 Å². The number of hydrogen-bond donors (Lipinski definition) is 2. The van der Waals surface area contributed by atoms with Gasteiger partial charge in [-0.15, -0.1) is 11.7 Å². The van der Waals surface area contributed by atoms with Crippen molar-refractivity contribution >= 4 is 34.1 Å². The number of nitrogens with one attached hydrogen (secondary N) is 1. The fourth-order valence-corrected chi connectivity index (χ4v) is 1.91. The van der Waals surface area contributed by atoms with Crippen molar-refractivity contribution in [2.75, 3.05) is 6.54 Å². The zero-order chi connectivity index (χ0) is 13.4. The second-order valence-corrected chi connectivity index (χ2v) is 5.37. The maximum Gasteiger partial charge on any atom is 0.252 e. The van der Waals surface area contributed by atoms with Crippen LogP contribution in [0.5, 0.6) is 0 Å². The summed E-state index contributed by atoms with van der Waals surface area (Å²) in [5.74, 6) is -0.00204. The molecule has 0 spiro atoms. The molecule has 0 aliphatic carbocycles. The van der Waals surface area contributed by atoms with E-state index in [1.54, 1.807) is 18.3 Å². The zero-order valence-corrected chi connectivity index (χ0v) is 11.8. The Morgan fingerprint density at radius 2 is 2.33 bits per heavy atom. The van der Waals surface area contributed by atoms with Gasteiger partial charge in [0.25, 0.3) is 5.91 Å². The van der Waals surface area contributed by atoms with Crippen LogP contribution in [0.4, 0.5) is 0 Å². The molecule has 1 atom stereocenters. The van der Waals surface area contributed by atoms with Gasteiger partial charge in [0, 0.05) is 25.4 Å². The Labute approximate surface area is 116 Å². The van der Waals surface area contributed by atoms with E-state index in [0.29, 0.717) is 24.9 Å². The molecule has 0 saturated carbocycles. The van der Waals surface area contributed by atoms with Gasteiger partial charge in [-0.1, -0.05) is 10.8 Å². The molecule has 98 valence electrons. The van der Waals surface area contributed by atoms with E-state index in [1.165, 1.54) is 17.0 Å². The number of carbonyl (C=O) groups is 2. The predicted molar refractivity (Wildman–Crippen MR) is 76.9 cm³/mol. The Balaban J connectivity index is 2.23. The third-order valence-electron chi connectivity index (χ3n) is 2.42. The molecule has 0 bridgehead atoms. The van der Waals surface area contributed by atoms with Crippen LogP contribution in [0, 0.1) is 0 Å². The molecule has 6 heteroatoms. The number of hydrogen-bond acceptors (Lipinski definition) is 5. The average Bonchev–Trinajstić information content (AvgIpc) is 2.43. The first-order chi connectivity index (χ1) is 8.65. The van der Waals surface area contributed by atoms with Gasteiger partial charge in [0.1, 0.15) is 5.78 Å². The number of ketones is 1. The van der Waals surface area contributed by atoms with Crippen LogP contribution in [0.1, 0.15) is 30.1 Å². The number of Topliss-reactive ketones (excluding diaryl/α,β-unsaturated/α-hetero) is 1. The highest BCUT2D eigenvalue weighted by Crippen LogP contribution is 2.16. The Kier molecular flexibility index (Phi) is 6.82. The maximum atomic E-state index is 11.6. The van der Waals surface area contributed by atoms with Crippen molar-refractivity contribution in [1.29, 1.82) is 0 Å². The van der Waals surface area contributed by atoms with E-state index in [4.69, 9.17) is 0 Å². The quantitative estimate of drug-likeness (QED) is 0.457. The van der Waals surface area contributed by atoms with E-state index in [9.17, 15) is 9.59 Å². The molecule has 18 heavy (non-hydrogen) atoms. The first-order valence-corrected chi connectivity index (χ1v) is 7.59. The van der Waals surface area contributed by atoms with E-state index in [-0.39, 0.29) is 16.9 Å². The van der Waals surface area contributed by atoms with Gasteiger partial charge in [0.2, 0.25) is 0 Å². The van der Waals surface area contributed by atoms with E-state index in [0.717, 1.165) is 0 Å². The predicted octanol–water partition coefficient (Wildman–Crippen LogP) is 2.13. The summed E-state index contributed by atoms with van der Waals surface area (Å²) >= 11 is 4.00. The number of aromatic nitrogens is 1. The van der Waals surface area contributed by atoms with Gasteiger partial charge >= 0.3 is 0 Å². The third-order valence-corrected chi connectivity index (χ3v) is 3.95. The van der Waals surface area contributed by atoms with Crippen LogP contribution in [0.3, 0.4) is 0 Å². The minimum absolute atomic E-state index is 0.0950. The van der Waals surface area contributed by atoms with Crippen LogP contribution in [0.15, 0.2) is 24.5 Å². The molecule has 1 aromatic heterocycles. The van der Waals surface area contributed by atoms with Gasteiger partial charge in [-0.3, -0.25) is 14.6 Å². The Morgan fingerprint density at radius 3 is 2.94 bits per heavy atom. The van der Waals surface area contributed by atoms with Crippen LogP contribution in [-0.2, 0) is 4.79 Å². The molecule has 1 unspecified atom stereocenters. The molecule has 0 aliphatic rings. The molecule has 1 amide bonds. The fraction of sp³-hybridized carbons (Fsp3) is 0.417. The van der Waals surface area contributed by atoms with Gasteiger partial charge in [-0.2, -0.15) is 0 Å². The fourth-order valence-electron chi connectivity index (χ4n) is 1.33. The standard InChI is InChI=1S/C12H16N2O2S2/c1-9(18-17)11(15)5-3-7-14-12(16)10-4-2-6-13-8-10/h2,4,6,8-9,17H,3,5,7H2,1H3,(H,14,16). The number of nitrogens with zero attached hydrogens (tertiary/aromatic N) is 1. The molecule has 0 aromatic carbocycles. The number of pyridine rings is 1. The summed E-state index contributed by atoms with van der Waals surface area (Å²) < 4.78 is 0. The van der Waals surface area contributed by atoms with Gasteiger partial charge in [0.05, 0.1) is 10.8 Å². The topological polar surface area (TPSA) is 59.1 Å². The lowest BCUT2D eigenvalue weighted by Crippen LogP contribution is -2.25. The minimum atomic E-state index is -0.160. The van der Waals surface area contributed by atoms with Gasteiger partial charge in [0.15, 0.2) is 0 Å². The van der Waals surface area contributed by atoms with Crippen molar-refractivity contribution in [2.45, 2.75) is 25.0 Å². The second-order valence-electron chi connectivity index (χ2n) is 3.82. The highest BCUT2D eigenvalue weighted by molar-refractivity contribution is 8.69. The normalized spacial score (nSPS) is 11.9. The number of rotatable bonds is 7. The highest BCUT2D eigenvalue weighted by atomic mass is 33.1. The van der Waals surface area contributed by atoms with Crippen LogP contribution in [0.2, 0.25) is 0 Å². The van der Waals surface area contributed by atoms with Crippen molar-refractivity contribution in [3.05, 3.63) is 30.1 Å². The van der Waals surface area contributed by atoms with Crippen molar-refractivity contribution in [3.63, 3.8) is 0 Å². The average molecular weight is 284 g/mol. The molecular weight excluding hydrogens is 268 g/mol.